The van der Waals surface area contributed by atoms with Crippen molar-refractivity contribution in [1.29, 1.82) is 0 Å². The van der Waals surface area contributed by atoms with Gasteiger partial charge in [-0.05, 0) is 37.0 Å². The minimum Gasteiger partial charge on any atom is -0.350 e. The average molecular weight is 486 g/mol. The monoisotopic (exact) mass is 486 g/mol. The number of fused-ring (bicyclic) bond motifs is 2. The summed E-state index contributed by atoms with van der Waals surface area (Å²) in [6.07, 6.45) is -0.848. The summed E-state index contributed by atoms with van der Waals surface area (Å²) < 4.78 is 42.2. The second-order valence-electron chi connectivity index (χ2n) is 9.11. The normalized spacial score (nSPS) is 16.7. The topological polar surface area (TPSA) is 114 Å². The highest BCUT2D eigenvalue weighted by Gasteiger charge is 2.35. The van der Waals surface area contributed by atoms with Gasteiger partial charge in [0, 0.05) is 26.7 Å². The number of carbonyl (C=O) groups is 1. The van der Waals surface area contributed by atoms with Crippen molar-refractivity contribution < 1.29 is 18.0 Å². The second kappa shape index (κ2) is 7.55. The fraction of sp³-hybridized carbons (Fsp3) is 0.409. The molecule has 1 saturated carbocycles. The van der Waals surface area contributed by atoms with E-state index >= 15 is 0 Å². The van der Waals surface area contributed by atoms with Gasteiger partial charge in [0.1, 0.15) is 6.33 Å². The van der Waals surface area contributed by atoms with Gasteiger partial charge >= 0.3 is 11.9 Å². The smallest absolute Gasteiger partial charge is 0.350 e. The summed E-state index contributed by atoms with van der Waals surface area (Å²) in [7, 11) is 1.72. The van der Waals surface area contributed by atoms with E-state index in [2.05, 4.69) is 25.3 Å². The molecular formula is C22H21F3N8O2. The zero-order valence-electron chi connectivity index (χ0n) is 18.6. The molecule has 4 aromatic rings. The summed E-state index contributed by atoms with van der Waals surface area (Å²) in [5.74, 6) is 1.05. The standard InChI is InChI=1S/C22H21F3N8O2/c1-31-17-16(30-19(31)20(34)26-7-11-2-3-11)18(28-10-27-17)32-8-13(9-32)33-15-5-4-12(22(23,24)25)6-14(15)29-21(33)35/h4-6,10-11,13H,2-3,7-9H2,1H3,(H,26,34)(H,29,35). The molecule has 2 fully saturated rings. The van der Waals surface area contributed by atoms with Crippen LogP contribution in [0.5, 0.6) is 0 Å². The van der Waals surface area contributed by atoms with Crippen LogP contribution in [0.4, 0.5) is 19.0 Å². The van der Waals surface area contributed by atoms with Crippen molar-refractivity contribution in [3.05, 3.63) is 46.4 Å². The third-order valence-corrected chi connectivity index (χ3v) is 6.66. The number of aromatic nitrogens is 6. The number of imidazole rings is 2. The molecule has 0 unspecified atom stereocenters. The quantitative estimate of drug-likeness (QED) is 0.447. The number of nitrogens with one attached hydrogen (secondary N) is 2. The summed E-state index contributed by atoms with van der Waals surface area (Å²) in [5.41, 5.74) is 0.255. The van der Waals surface area contributed by atoms with Crippen molar-refractivity contribution in [2.24, 2.45) is 13.0 Å². The summed E-state index contributed by atoms with van der Waals surface area (Å²) in [6.45, 7) is 1.43. The van der Waals surface area contributed by atoms with Crippen molar-refractivity contribution >= 4 is 33.9 Å². The molecule has 6 rings (SSSR count). The van der Waals surface area contributed by atoms with Crippen LogP contribution < -0.4 is 15.9 Å². The summed E-state index contributed by atoms with van der Waals surface area (Å²) >= 11 is 0. The van der Waals surface area contributed by atoms with E-state index in [9.17, 15) is 22.8 Å². The van der Waals surface area contributed by atoms with Gasteiger partial charge in [0.2, 0.25) is 5.82 Å². The number of halogens is 3. The molecule has 0 atom stereocenters. The van der Waals surface area contributed by atoms with Crippen molar-refractivity contribution in [3.63, 3.8) is 0 Å². The number of aryl methyl sites for hydroxylation is 1. The third-order valence-electron chi connectivity index (χ3n) is 6.66. The van der Waals surface area contributed by atoms with E-state index in [0.717, 1.165) is 25.0 Å². The van der Waals surface area contributed by atoms with Crippen LogP contribution in [-0.4, -0.2) is 54.6 Å². The van der Waals surface area contributed by atoms with Crippen molar-refractivity contribution in [1.82, 2.24) is 34.4 Å². The molecule has 4 heterocycles. The van der Waals surface area contributed by atoms with E-state index in [-0.39, 0.29) is 23.3 Å². The number of H-pyrrole nitrogens is 1. The highest BCUT2D eigenvalue weighted by Crippen LogP contribution is 2.34. The van der Waals surface area contributed by atoms with E-state index in [0.29, 0.717) is 48.1 Å². The first-order valence-electron chi connectivity index (χ1n) is 11.2. The van der Waals surface area contributed by atoms with Crippen LogP contribution in [0.15, 0.2) is 29.3 Å². The van der Waals surface area contributed by atoms with Crippen molar-refractivity contribution in [2.75, 3.05) is 24.5 Å². The van der Waals surface area contributed by atoms with Gasteiger partial charge in [-0.1, -0.05) is 0 Å². The summed E-state index contributed by atoms with van der Waals surface area (Å²) in [5, 5.41) is 2.91. The molecule has 0 spiro atoms. The number of anilines is 1. The van der Waals surface area contributed by atoms with Crippen LogP contribution in [0.3, 0.4) is 0 Å². The third kappa shape index (κ3) is 3.61. The number of aromatic amines is 1. The lowest BCUT2D eigenvalue weighted by Gasteiger charge is -2.40. The molecule has 2 aliphatic rings. The number of nitrogens with zero attached hydrogens (tertiary/aromatic N) is 6. The minimum absolute atomic E-state index is 0.138. The maximum atomic E-state index is 13.0. The SMILES string of the molecule is Cn1c(C(=O)NCC2CC2)nc2c(N3CC(n4c(=O)[nH]c5cc(C(F)(F)F)ccc54)C3)ncnc21. The zero-order chi connectivity index (χ0) is 24.5. The van der Waals surface area contributed by atoms with Crippen LogP contribution in [0.2, 0.25) is 0 Å². The van der Waals surface area contributed by atoms with Gasteiger partial charge in [-0.25, -0.2) is 19.7 Å². The fourth-order valence-corrected chi connectivity index (χ4v) is 4.52. The van der Waals surface area contributed by atoms with Crippen LogP contribution in [-0.2, 0) is 13.2 Å². The zero-order valence-corrected chi connectivity index (χ0v) is 18.6. The van der Waals surface area contributed by atoms with E-state index in [1.54, 1.807) is 11.6 Å². The highest BCUT2D eigenvalue weighted by molar-refractivity contribution is 5.96. The molecule has 1 aliphatic heterocycles. The molecule has 1 saturated heterocycles. The van der Waals surface area contributed by atoms with Gasteiger partial charge in [0.15, 0.2) is 17.0 Å². The fourth-order valence-electron chi connectivity index (χ4n) is 4.52. The molecule has 1 aliphatic carbocycles. The van der Waals surface area contributed by atoms with Crippen LogP contribution in [0, 0.1) is 5.92 Å². The first-order chi connectivity index (χ1) is 16.7. The lowest BCUT2D eigenvalue weighted by molar-refractivity contribution is -0.137. The van der Waals surface area contributed by atoms with Crippen LogP contribution in [0.25, 0.3) is 22.2 Å². The Morgan fingerprint density at radius 2 is 2.00 bits per heavy atom. The number of amides is 1. The minimum atomic E-state index is -4.49. The van der Waals surface area contributed by atoms with Gasteiger partial charge in [-0.3, -0.25) is 9.36 Å². The molecule has 10 nitrogen and oxygen atoms in total. The molecule has 0 bridgehead atoms. The maximum absolute atomic E-state index is 13.0. The number of rotatable bonds is 5. The first kappa shape index (κ1) is 21.6. The predicted octanol–water partition coefficient (Wildman–Crippen LogP) is 2.23. The van der Waals surface area contributed by atoms with Gasteiger partial charge in [-0.2, -0.15) is 13.2 Å². The van der Waals surface area contributed by atoms with E-state index in [1.807, 2.05) is 4.90 Å². The van der Waals surface area contributed by atoms with Crippen LogP contribution in [0.1, 0.15) is 35.1 Å². The highest BCUT2D eigenvalue weighted by atomic mass is 19.4. The number of hydrogen-bond donors (Lipinski definition) is 2. The molecule has 35 heavy (non-hydrogen) atoms. The Balaban J connectivity index is 1.26. The molecule has 3 aromatic heterocycles. The molecule has 1 amide bonds. The first-order valence-corrected chi connectivity index (χ1v) is 11.2. The molecule has 0 radical (unpaired) electrons. The molecule has 13 heteroatoms. The lowest BCUT2D eigenvalue weighted by Crippen LogP contribution is -2.50. The van der Waals surface area contributed by atoms with Gasteiger partial charge < -0.3 is 19.8 Å². The molecule has 2 N–H and O–H groups in total. The Morgan fingerprint density at radius 1 is 1.23 bits per heavy atom. The average Bonchev–Trinajstić information content (AvgIpc) is 3.48. The number of alkyl halides is 3. The van der Waals surface area contributed by atoms with Gasteiger partial charge in [0.25, 0.3) is 5.91 Å². The summed E-state index contributed by atoms with van der Waals surface area (Å²) in [6, 6.07) is 2.97. The lowest BCUT2D eigenvalue weighted by atomic mass is 10.1. The van der Waals surface area contributed by atoms with Crippen LogP contribution >= 0.6 is 0 Å². The number of carbonyl (C=O) groups excluding carboxylic acids is 1. The Labute approximate surface area is 195 Å². The van der Waals surface area contributed by atoms with Gasteiger partial charge in [0.05, 0.1) is 22.6 Å². The van der Waals surface area contributed by atoms with Gasteiger partial charge in [-0.15, -0.1) is 0 Å². The number of benzene rings is 1. The second-order valence-corrected chi connectivity index (χ2v) is 9.11. The Kier molecular flexibility index (Phi) is 4.66. The Morgan fingerprint density at radius 3 is 2.71 bits per heavy atom. The van der Waals surface area contributed by atoms with Crippen molar-refractivity contribution in [3.8, 4) is 0 Å². The van der Waals surface area contributed by atoms with E-state index in [4.69, 9.17) is 0 Å². The largest absolute Gasteiger partial charge is 0.416 e. The number of hydrogen-bond acceptors (Lipinski definition) is 6. The Hall–Kier alpha value is -3.90. The van der Waals surface area contributed by atoms with E-state index < -0.39 is 17.4 Å². The maximum Gasteiger partial charge on any atom is 0.416 e. The Bertz CT molecular complexity index is 1530. The molecule has 182 valence electrons. The van der Waals surface area contributed by atoms with Crippen molar-refractivity contribution in [2.45, 2.75) is 25.1 Å². The van der Waals surface area contributed by atoms with E-state index in [1.165, 1.54) is 17.0 Å². The molecule has 1 aromatic carbocycles. The predicted molar refractivity (Wildman–Crippen MR) is 120 cm³/mol. The summed E-state index contributed by atoms with van der Waals surface area (Å²) in [4.78, 5) is 42.7. The molecular weight excluding hydrogens is 465 g/mol.